The van der Waals surface area contributed by atoms with Gasteiger partial charge in [0.1, 0.15) is 0 Å². The number of hydrogen-bond acceptors (Lipinski definition) is 3. The highest BCUT2D eigenvalue weighted by Crippen LogP contribution is 2.35. The van der Waals surface area contributed by atoms with E-state index in [9.17, 15) is 0 Å². The molecule has 2 nitrogen and oxygen atoms in total. The number of thiophene rings is 1. The number of nitrogens with zero attached hydrogens (tertiary/aromatic N) is 1. The zero-order valence-electron chi connectivity index (χ0n) is 12.0. The first-order chi connectivity index (χ1) is 8.50. The van der Waals surface area contributed by atoms with Crippen LogP contribution in [0.4, 0.5) is 0 Å². The van der Waals surface area contributed by atoms with Crippen LogP contribution in [0.2, 0.25) is 0 Å². The molecular formula is C15H26N2S. The van der Waals surface area contributed by atoms with Crippen LogP contribution in [0.1, 0.15) is 45.7 Å². The molecule has 0 spiro atoms. The van der Waals surface area contributed by atoms with Gasteiger partial charge in [0.2, 0.25) is 0 Å². The van der Waals surface area contributed by atoms with E-state index in [0.717, 1.165) is 11.8 Å². The van der Waals surface area contributed by atoms with Gasteiger partial charge in [0, 0.05) is 18.6 Å². The van der Waals surface area contributed by atoms with E-state index in [1.807, 2.05) is 0 Å². The number of rotatable bonds is 3. The van der Waals surface area contributed by atoms with E-state index in [4.69, 9.17) is 5.73 Å². The lowest BCUT2D eigenvalue weighted by molar-refractivity contribution is 0.0316. The molecular weight excluding hydrogens is 240 g/mol. The number of hydrogen-bond donors (Lipinski definition) is 1. The van der Waals surface area contributed by atoms with Crippen molar-refractivity contribution in [3.8, 4) is 0 Å². The molecule has 0 amide bonds. The van der Waals surface area contributed by atoms with Gasteiger partial charge in [-0.05, 0) is 54.5 Å². The minimum absolute atomic E-state index is 0.180. The molecule has 1 fully saturated rings. The summed E-state index contributed by atoms with van der Waals surface area (Å²) in [7, 11) is 0. The third kappa shape index (κ3) is 2.79. The second-order valence-electron chi connectivity index (χ2n) is 6.12. The van der Waals surface area contributed by atoms with Crippen LogP contribution in [0.15, 0.2) is 16.8 Å². The van der Waals surface area contributed by atoms with Gasteiger partial charge in [-0.3, -0.25) is 4.90 Å². The largest absolute Gasteiger partial charge is 0.326 e. The minimum Gasteiger partial charge on any atom is -0.326 e. The Morgan fingerprint density at radius 2 is 2.11 bits per heavy atom. The summed E-state index contributed by atoms with van der Waals surface area (Å²) in [5, 5.41) is 4.41. The molecule has 3 heteroatoms. The molecule has 0 aromatic carbocycles. The van der Waals surface area contributed by atoms with E-state index in [1.165, 1.54) is 18.5 Å². The summed E-state index contributed by atoms with van der Waals surface area (Å²) < 4.78 is 0. The van der Waals surface area contributed by atoms with Gasteiger partial charge in [-0.25, -0.2) is 0 Å². The number of nitrogens with two attached hydrogens (primary N) is 1. The van der Waals surface area contributed by atoms with Crippen LogP contribution in [-0.2, 0) is 0 Å². The maximum absolute atomic E-state index is 6.27. The van der Waals surface area contributed by atoms with Gasteiger partial charge in [0.25, 0.3) is 0 Å². The predicted molar refractivity (Wildman–Crippen MR) is 79.8 cm³/mol. The molecule has 5 atom stereocenters. The molecule has 1 saturated heterocycles. The predicted octanol–water partition coefficient (Wildman–Crippen LogP) is 3.50. The molecule has 18 heavy (non-hydrogen) atoms. The Kier molecular flexibility index (Phi) is 4.46. The van der Waals surface area contributed by atoms with Crippen molar-refractivity contribution in [1.82, 2.24) is 4.90 Å². The zero-order chi connectivity index (χ0) is 13.3. The van der Waals surface area contributed by atoms with Crippen LogP contribution in [0.3, 0.4) is 0 Å². The fraction of sp³-hybridized carbons (Fsp3) is 0.733. The van der Waals surface area contributed by atoms with Crippen molar-refractivity contribution >= 4 is 11.3 Å². The Hall–Kier alpha value is -0.380. The average Bonchev–Trinajstić information content (AvgIpc) is 2.78. The molecule has 0 radical (unpaired) electrons. The molecule has 2 rings (SSSR count). The maximum atomic E-state index is 6.27. The summed E-state index contributed by atoms with van der Waals surface area (Å²) in [4.78, 5) is 2.63. The summed E-state index contributed by atoms with van der Waals surface area (Å²) in [5.74, 6) is 1.53. The molecule has 0 bridgehead atoms. The molecule has 0 saturated carbocycles. The highest BCUT2D eigenvalue weighted by atomic mass is 32.1. The summed E-state index contributed by atoms with van der Waals surface area (Å²) in [5.41, 5.74) is 7.67. The molecule has 1 aliphatic rings. The number of likely N-dealkylation sites (tertiary alicyclic amines) is 1. The van der Waals surface area contributed by atoms with Crippen LogP contribution in [0, 0.1) is 11.8 Å². The highest BCUT2D eigenvalue weighted by molar-refractivity contribution is 7.07. The quantitative estimate of drug-likeness (QED) is 0.907. The average molecular weight is 266 g/mol. The van der Waals surface area contributed by atoms with Crippen molar-refractivity contribution in [2.45, 2.75) is 52.2 Å². The molecule has 102 valence electrons. The molecule has 1 aliphatic heterocycles. The summed E-state index contributed by atoms with van der Waals surface area (Å²) in [6.45, 7) is 10.4. The molecule has 2 heterocycles. The van der Waals surface area contributed by atoms with Crippen LogP contribution in [-0.4, -0.2) is 23.5 Å². The third-order valence-electron chi connectivity index (χ3n) is 4.38. The lowest BCUT2D eigenvalue weighted by atomic mass is 9.83. The van der Waals surface area contributed by atoms with Crippen LogP contribution < -0.4 is 5.73 Å². The summed E-state index contributed by atoms with van der Waals surface area (Å²) >= 11 is 1.77. The van der Waals surface area contributed by atoms with Gasteiger partial charge in [0.15, 0.2) is 0 Å². The van der Waals surface area contributed by atoms with Crippen molar-refractivity contribution in [3.05, 3.63) is 22.4 Å². The van der Waals surface area contributed by atoms with Crippen LogP contribution in [0.25, 0.3) is 0 Å². The molecule has 1 aromatic rings. The van der Waals surface area contributed by atoms with Gasteiger partial charge < -0.3 is 5.73 Å². The van der Waals surface area contributed by atoms with Gasteiger partial charge in [-0.15, -0.1) is 0 Å². The van der Waals surface area contributed by atoms with Gasteiger partial charge >= 0.3 is 0 Å². The standard InChI is InChI=1S/C15H26N2S/c1-10-7-11(2)13(4)17(8-10)15(12(3)16)14-5-6-18-9-14/h5-6,9-13,15H,7-8,16H2,1-4H3. The third-order valence-corrected chi connectivity index (χ3v) is 5.08. The second kappa shape index (κ2) is 5.72. The van der Waals surface area contributed by atoms with E-state index >= 15 is 0 Å². The van der Waals surface area contributed by atoms with Crippen molar-refractivity contribution in [3.63, 3.8) is 0 Å². The van der Waals surface area contributed by atoms with Gasteiger partial charge in [0.05, 0.1) is 6.04 Å². The lowest BCUT2D eigenvalue weighted by Crippen LogP contribution is -2.51. The fourth-order valence-corrected chi connectivity index (χ4v) is 4.06. The van der Waals surface area contributed by atoms with E-state index in [-0.39, 0.29) is 6.04 Å². The van der Waals surface area contributed by atoms with E-state index < -0.39 is 0 Å². The summed E-state index contributed by atoms with van der Waals surface area (Å²) in [6.07, 6.45) is 1.34. The summed E-state index contributed by atoms with van der Waals surface area (Å²) in [6, 6.07) is 3.41. The van der Waals surface area contributed by atoms with E-state index in [2.05, 4.69) is 49.4 Å². The Morgan fingerprint density at radius 3 is 2.67 bits per heavy atom. The zero-order valence-corrected chi connectivity index (χ0v) is 12.8. The van der Waals surface area contributed by atoms with Crippen molar-refractivity contribution in [1.29, 1.82) is 0 Å². The Balaban J connectivity index is 2.25. The second-order valence-corrected chi connectivity index (χ2v) is 6.90. The maximum Gasteiger partial charge on any atom is 0.0507 e. The van der Waals surface area contributed by atoms with Crippen molar-refractivity contribution in [2.24, 2.45) is 17.6 Å². The fourth-order valence-electron chi connectivity index (χ4n) is 3.37. The minimum atomic E-state index is 0.180. The Labute approximate surface area is 115 Å². The first kappa shape index (κ1) is 14.0. The normalized spacial score (nSPS) is 33.3. The van der Waals surface area contributed by atoms with Crippen LogP contribution >= 0.6 is 11.3 Å². The SMILES string of the molecule is CC1CC(C)C(C)N(C(c2ccsc2)C(C)N)C1. The lowest BCUT2D eigenvalue weighted by Gasteiger charge is -2.46. The Bertz CT molecular complexity index is 361. The Morgan fingerprint density at radius 1 is 1.39 bits per heavy atom. The smallest absolute Gasteiger partial charge is 0.0507 e. The van der Waals surface area contributed by atoms with Crippen molar-refractivity contribution in [2.75, 3.05) is 6.54 Å². The first-order valence-corrected chi connectivity index (χ1v) is 7.98. The van der Waals surface area contributed by atoms with E-state index in [0.29, 0.717) is 12.1 Å². The molecule has 0 aliphatic carbocycles. The van der Waals surface area contributed by atoms with Crippen LogP contribution in [0.5, 0.6) is 0 Å². The topological polar surface area (TPSA) is 29.3 Å². The molecule has 2 N–H and O–H groups in total. The van der Waals surface area contributed by atoms with Gasteiger partial charge in [-0.2, -0.15) is 11.3 Å². The molecule has 5 unspecified atom stereocenters. The monoisotopic (exact) mass is 266 g/mol. The first-order valence-electron chi connectivity index (χ1n) is 7.04. The molecule has 1 aromatic heterocycles. The van der Waals surface area contributed by atoms with Crippen molar-refractivity contribution < 1.29 is 0 Å². The van der Waals surface area contributed by atoms with E-state index in [1.54, 1.807) is 11.3 Å². The number of piperidine rings is 1. The highest BCUT2D eigenvalue weighted by Gasteiger charge is 2.35. The van der Waals surface area contributed by atoms with Gasteiger partial charge in [-0.1, -0.05) is 13.8 Å².